The number of ether oxygens (including phenoxy) is 1. The molecule has 0 N–H and O–H groups in total. The van der Waals surface area contributed by atoms with Gasteiger partial charge >= 0.3 is 5.63 Å². The Labute approximate surface area is 192 Å². The molecule has 0 aliphatic carbocycles. The highest BCUT2D eigenvalue weighted by atomic mass is 19.2. The van der Waals surface area contributed by atoms with E-state index in [-0.39, 0.29) is 24.3 Å². The van der Waals surface area contributed by atoms with Crippen molar-refractivity contribution in [1.82, 2.24) is 19.9 Å². The maximum absolute atomic E-state index is 13.4. The van der Waals surface area contributed by atoms with Crippen molar-refractivity contribution in [2.45, 2.75) is 13.2 Å². The highest BCUT2D eigenvalue weighted by Crippen LogP contribution is 2.21. The number of ketones is 1. The first kappa shape index (κ1) is 22.8. The summed E-state index contributed by atoms with van der Waals surface area (Å²) in [6.45, 7) is 0.301. The largest absolute Gasteiger partial charge is 0.487 e. The third-order valence-electron chi connectivity index (χ3n) is 4.80. The van der Waals surface area contributed by atoms with Crippen LogP contribution in [0.2, 0.25) is 0 Å². The van der Waals surface area contributed by atoms with Crippen molar-refractivity contribution in [2.24, 2.45) is 0 Å². The SMILES string of the molecule is CN(C)/C=C/C(=O)c1cc2ccc(OCc3cn(Cc4ccc(F)c(F)c4)nn3)cc2oc1=O. The van der Waals surface area contributed by atoms with Crippen LogP contribution in [0.3, 0.4) is 0 Å². The van der Waals surface area contributed by atoms with Crippen LogP contribution >= 0.6 is 0 Å². The van der Waals surface area contributed by atoms with Crippen LogP contribution in [0.5, 0.6) is 5.75 Å². The molecule has 2 aromatic heterocycles. The minimum Gasteiger partial charge on any atom is -0.487 e. The zero-order valence-corrected chi connectivity index (χ0v) is 18.4. The zero-order valence-electron chi connectivity index (χ0n) is 18.4. The van der Waals surface area contributed by atoms with Gasteiger partial charge in [0.05, 0.1) is 12.7 Å². The fourth-order valence-electron chi connectivity index (χ4n) is 3.12. The number of fused-ring (bicyclic) bond motifs is 1. The van der Waals surface area contributed by atoms with Crippen LogP contribution in [0.15, 0.2) is 70.1 Å². The summed E-state index contributed by atoms with van der Waals surface area (Å²) in [5.74, 6) is -1.86. The number of rotatable bonds is 8. The van der Waals surface area contributed by atoms with Crippen molar-refractivity contribution in [2.75, 3.05) is 14.1 Å². The molecule has 0 saturated carbocycles. The predicted molar refractivity (Wildman–Crippen MR) is 119 cm³/mol. The number of hydrogen-bond donors (Lipinski definition) is 0. The van der Waals surface area contributed by atoms with E-state index < -0.39 is 23.0 Å². The standard InChI is InChI=1S/C24H20F2N4O4/c1-29(2)8-7-22(31)19-10-16-4-5-18(11-23(16)34-24(19)32)33-14-17-13-30(28-27-17)12-15-3-6-20(25)21(26)9-15/h3-11,13H,12,14H2,1-2H3/b8-7+. The lowest BCUT2D eigenvalue weighted by Gasteiger charge is -2.06. The molecule has 2 aromatic carbocycles. The Morgan fingerprint density at radius 3 is 2.74 bits per heavy atom. The number of allylic oxidation sites excluding steroid dienone is 1. The van der Waals surface area contributed by atoms with Gasteiger partial charge in [0.15, 0.2) is 17.4 Å². The predicted octanol–water partition coefficient (Wildman–Crippen LogP) is 3.55. The van der Waals surface area contributed by atoms with Crippen LogP contribution in [0.25, 0.3) is 11.0 Å². The van der Waals surface area contributed by atoms with Gasteiger partial charge in [-0.15, -0.1) is 5.10 Å². The number of nitrogens with zero attached hydrogens (tertiary/aromatic N) is 4. The molecule has 0 fully saturated rings. The van der Waals surface area contributed by atoms with Gasteiger partial charge < -0.3 is 14.1 Å². The Morgan fingerprint density at radius 1 is 1.15 bits per heavy atom. The Kier molecular flexibility index (Phi) is 6.48. The maximum atomic E-state index is 13.4. The van der Waals surface area contributed by atoms with E-state index in [1.54, 1.807) is 49.6 Å². The van der Waals surface area contributed by atoms with Gasteiger partial charge in [0, 0.05) is 37.8 Å². The average Bonchev–Trinajstić information content (AvgIpc) is 3.25. The van der Waals surface area contributed by atoms with E-state index in [1.807, 2.05) is 0 Å². The molecule has 0 bridgehead atoms. The van der Waals surface area contributed by atoms with Crippen LogP contribution in [-0.2, 0) is 13.2 Å². The molecule has 10 heteroatoms. The monoisotopic (exact) mass is 466 g/mol. The Hall–Kier alpha value is -4.34. The van der Waals surface area contributed by atoms with E-state index in [1.165, 1.54) is 22.9 Å². The summed E-state index contributed by atoms with van der Waals surface area (Å²) < 4.78 is 38.9. The number of benzene rings is 2. The van der Waals surface area contributed by atoms with Gasteiger partial charge in [-0.05, 0) is 35.9 Å². The Morgan fingerprint density at radius 2 is 1.97 bits per heavy atom. The minimum atomic E-state index is -0.925. The van der Waals surface area contributed by atoms with Gasteiger partial charge in [-0.25, -0.2) is 18.3 Å². The molecule has 174 valence electrons. The fraction of sp³-hybridized carbons (Fsp3) is 0.167. The molecular formula is C24H20F2N4O4. The molecular weight excluding hydrogens is 446 g/mol. The molecule has 0 spiro atoms. The van der Waals surface area contributed by atoms with Crippen molar-refractivity contribution in [3.05, 3.63) is 99.8 Å². The average molecular weight is 466 g/mol. The van der Waals surface area contributed by atoms with E-state index in [9.17, 15) is 18.4 Å². The number of halogens is 2. The quantitative estimate of drug-likeness (QED) is 0.223. The lowest BCUT2D eigenvalue weighted by molar-refractivity contribution is 0.104. The summed E-state index contributed by atoms with van der Waals surface area (Å²) in [4.78, 5) is 26.2. The summed E-state index contributed by atoms with van der Waals surface area (Å²) >= 11 is 0. The van der Waals surface area contributed by atoms with E-state index in [0.29, 0.717) is 22.4 Å². The maximum Gasteiger partial charge on any atom is 0.347 e. The van der Waals surface area contributed by atoms with Gasteiger partial charge in [0.2, 0.25) is 0 Å². The van der Waals surface area contributed by atoms with Gasteiger partial charge in [0.1, 0.15) is 29.2 Å². The van der Waals surface area contributed by atoms with Gasteiger partial charge in [-0.1, -0.05) is 11.3 Å². The smallest absolute Gasteiger partial charge is 0.347 e. The molecule has 4 aromatic rings. The molecule has 0 aliphatic heterocycles. The minimum absolute atomic E-state index is 0.0584. The molecule has 0 amide bonds. The second-order valence-corrected chi connectivity index (χ2v) is 7.74. The first-order valence-corrected chi connectivity index (χ1v) is 10.2. The van der Waals surface area contributed by atoms with E-state index >= 15 is 0 Å². The van der Waals surface area contributed by atoms with Crippen LogP contribution < -0.4 is 10.4 Å². The van der Waals surface area contributed by atoms with Crippen molar-refractivity contribution in [3.63, 3.8) is 0 Å². The van der Waals surface area contributed by atoms with Crippen molar-refractivity contribution in [1.29, 1.82) is 0 Å². The Balaban J connectivity index is 1.44. The van der Waals surface area contributed by atoms with Gasteiger partial charge in [-0.3, -0.25) is 4.79 Å². The van der Waals surface area contributed by atoms with Gasteiger partial charge in [-0.2, -0.15) is 0 Å². The third-order valence-corrected chi connectivity index (χ3v) is 4.80. The molecule has 4 rings (SSSR count). The topological polar surface area (TPSA) is 90.5 Å². The van der Waals surface area contributed by atoms with E-state index in [4.69, 9.17) is 9.15 Å². The van der Waals surface area contributed by atoms with E-state index in [2.05, 4.69) is 10.3 Å². The first-order valence-electron chi connectivity index (χ1n) is 10.2. The highest BCUT2D eigenvalue weighted by Gasteiger charge is 2.12. The summed E-state index contributed by atoms with van der Waals surface area (Å²) in [5, 5.41) is 8.54. The number of carbonyl (C=O) groups excluding carboxylic acids is 1. The summed E-state index contributed by atoms with van der Waals surface area (Å²) in [6, 6.07) is 10.0. The molecule has 8 nitrogen and oxygen atoms in total. The lowest BCUT2D eigenvalue weighted by atomic mass is 10.1. The van der Waals surface area contributed by atoms with Crippen molar-refractivity contribution in [3.8, 4) is 5.75 Å². The summed E-state index contributed by atoms with van der Waals surface area (Å²) in [7, 11) is 3.53. The molecule has 0 aliphatic rings. The normalized spacial score (nSPS) is 11.3. The first-order chi connectivity index (χ1) is 16.3. The molecule has 0 unspecified atom stereocenters. The van der Waals surface area contributed by atoms with Crippen LogP contribution in [0, 0.1) is 11.6 Å². The molecule has 0 saturated heterocycles. The molecule has 0 radical (unpaired) electrons. The summed E-state index contributed by atoms with van der Waals surface area (Å²) in [5.41, 5.74) is 0.529. The highest BCUT2D eigenvalue weighted by molar-refractivity contribution is 6.05. The third kappa shape index (κ3) is 5.34. The van der Waals surface area contributed by atoms with Gasteiger partial charge in [0.25, 0.3) is 0 Å². The molecule has 0 atom stereocenters. The van der Waals surface area contributed by atoms with Crippen LogP contribution in [0.4, 0.5) is 8.78 Å². The van der Waals surface area contributed by atoms with Crippen LogP contribution in [-0.4, -0.2) is 39.8 Å². The van der Waals surface area contributed by atoms with E-state index in [0.717, 1.165) is 12.1 Å². The second-order valence-electron chi connectivity index (χ2n) is 7.74. The zero-order chi connectivity index (χ0) is 24.2. The van der Waals surface area contributed by atoms with Crippen molar-refractivity contribution < 1.29 is 22.7 Å². The van der Waals surface area contributed by atoms with Crippen molar-refractivity contribution >= 4 is 16.8 Å². The summed E-state index contributed by atoms with van der Waals surface area (Å²) in [6.07, 6.45) is 4.48. The number of carbonyl (C=O) groups is 1. The lowest BCUT2D eigenvalue weighted by Crippen LogP contribution is -2.13. The second kappa shape index (κ2) is 9.65. The Bertz CT molecular complexity index is 1440. The van der Waals surface area contributed by atoms with Crippen LogP contribution in [0.1, 0.15) is 21.6 Å². The molecule has 34 heavy (non-hydrogen) atoms. The number of hydrogen-bond acceptors (Lipinski definition) is 7. The molecule has 2 heterocycles. The fourth-order valence-corrected chi connectivity index (χ4v) is 3.12. The number of aromatic nitrogens is 3.